The zero-order chi connectivity index (χ0) is 42.3. The minimum Gasteiger partial charge on any atom is -0.497 e. The molecule has 3 aromatic carbocycles. The molecule has 2 N–H and O–H groups in total. The molecule has 3 heterocycles. The van der Waals surface area contributed by atoms with Gasteiger partial charge in [0.2, 0.25) is 0 Å². The number of fused-ring (bicyclic) bond motifs is 1. The van der Waals surface area contributed by atoms with Crippen molar-refractivity contribution in [3.8, 4) is 5.75 Å². The van der Waals surface area contributed by atoms with Crippen LogP contribution in [0.25, 0.3) is 0 Å². The molecule has 3 aliphatic rings. The number of hydrogen-bond donors (Lipinski definition) is 2. The van der Waals surface area contributed by atoms with E-state index in [1.165, 1.54) is 37.5 Å². The molecule has 11 atom stereocenters. The highest BCUT2D eigenvalue weighted by Gasteiger charge is 2.58. The van der Waals surface area contributed by atoms with Crippen molar-refractivity contribution in [2.75, 3.05) is 27.4 Å². The Balaban J connectivity index is 1.44. The first kappa shape index (κ1) is 44.2. The average Bonchev–Trinajstić information content (AvgIpc) is 3.25. The SMILES string of the molecule is C=CCO[C@@H]1OC2COC(c3ccc(OC)cc3)O[C@@H]2[C@H](O[C@@H]2OC(C(=O)OC)[C@@H](O)[C@H](OC(=O)c3ccccc3)C2OC(=O)c2ccccc2)C1NC(=O)C(Cl)(Cl)Cl. The van der Waals surface area contributed by atoms with E-state index in [4.69, 9.17) is 82.2 Å². The molecule has 6 rings (SSSR count). The van der Waals surface area contributed by atoms with Crippen LogP contribution in [0.2, 0.25) is 0 Å². The van der Waals surface area contributed by atoms with E-state index >= 15 is 0 Å². The maximum absolute atomic E-state index is 13.7. The fourth-order valence-corrected chi connectivity index (χ4v) is 6.71. The van der Waals surface area contributed by atoms with Crippen LogP contribution in [0, 0.1) is 0 Å². The minimum absolute atomic E-state index is 0.0653. The molecule has 316 valence electrons. The predicted octanol–water partition coefficient (Wildman–Crippen LogP) is 3.99. The second kappa shape index (κ2) is 19.8. The minimum atomic E-state index is -2.50. The van der Waals surface area contributed by atoms with Crippen LogP contribution < -0.4 is 10.1 Å². The Kier molecular flexibility index (Phi) is 14.9. The highest BCUT2D eigenvalue weighted by atomic mass is 35.6. The monoisotopic (exact) mass is 879 g/mol. The van der Waals surface area contributed by atoms with Crippen LogP contribution in [-0.4, -0.2) is 121 Å². The number of ether oxygens (including phenoxy) is 10. The maximum atomic E-state index is 13.7. The molecule has 0 saturated carbocycles. The van der Waals surface area contributed by atoms with Crippen molar-refractivity contribution in [1.29, 1.82) is 0 Å². The lowest BCUT2D eigenvalue weighted by Gasteiger charge is -2.51. The third-order valence-electron chi connectivity index (χ3n) is 9.41. The largest absolute Gasteiger partial charge is 0.497 e. The molecule has 3 saturated heterocycles. The van der Waals surface area contributed by atoms with E-state index in [2.05, 4.69) is 11.9 Å². The molecule has 19 heteroatoms. The first-order valence-corrected chi connectivity index (χ1v) is 19.2. The summed E-state index contributed by atoms with van der Waals surface area (Å²) >= 11 is 18.0. The summed E-state index contributed by atoms with van der Waals surface area (Å²) < 4.78 is 56.9. The lowest BCUT2D eigenvalue weighted by atomic mass is 9.94. The number of hydrogen-bond acceptors (Lipinski definition) is 15. The number of esters is 3. The van der Waals surface area contributed by atoms with Crippen molar-refractivity contribution < 1.29 is 71.7 Å². The Morgan fingerprint density at radius 1 is 0.831 bits per heavy atom. The molecule has 0 radical (unpaired) electrons. The van der Waals surface area contributed by atoms with Gasteiger partial charge in [0, 0.05) is 5.56 Å². The van der Waals surface area contributed by atoms with E-state index in [0.717, 1.165) is 7.11 Å². The van der Waals surface area contributed by atoms with Crippen molar-refractivity contribution in [2.45, 2.75) is 71.4 Å². The van der Waals surface area contributed by atoms with Crippen molar-refractivity contribution in [3.63, 3.8) is 0 Å². The molecule has 3 fully saturated rings. The number of alkyl halides is 3. The van der Waals surface area contributed by atoms with Gasteiger partial charge >= 0.3 is 17.9 Å². The van der Waals surface area contributed by atoms with E-state index in [1.54, 1.807) is 60.7 Å². The molecule has 3 aliphatic heterocycles. The van der Waals surface area contributed by atoms with Gasteiger partial charge in [0.15, 0.2) is 37.2 Å². The van der Waals surface area contributed by atoms with Gasteiger partial charge in [0.25, 0.3) is 9.70 Å². The Morgan fingerprint density at radius 3 is 2.00 bits per heavy atom. The quantitative estimate of drug-likeness (QED) is 0.108. The van der Waals surface area contributed by atoms with Crippen molar-refractivity contribution in [3.05, 3.63) is 114 Å². The Hall–Kier alpha value is -4.33. The van der Waals surface area contributed by atoms with Gasteiger partial charge in [0.05, 0.1) is 38.6 Å². The van der Waals surface area contributed by atoms with E-state index in [-0.39, 0.29) is 24.3 Å². The van der Waals surface area contributed by atoms with Gasteiger partial charge in [-0.2, -0.15) is 0 Å². The van der Waals surface area contributed by atoms with Crippen molar-refractivity contribution >= 4 is 58.6 Å². The van der Waals surface area contributed by atoms with E-state index < -0.39 is 95.2 Å². The zero-order valence-electron chi connectivity index (χ0n) is 31.4. The van der Waals surface area contributed by atoms with E-state index in [1.807, 2.05) is 0 Å². The Labute approximate surface area is 353 Å². The van der Waals surface area contributed by atoms with Crippen LogP contribution in [0.4, 0.5) is 0 Å². The van der Waals surface area contributed by atoms with Gasteiger partial charge in [-0.15, -0.1) is 6.58 Å². The smallest absolute Gasteiger partial charge is 0.338 e. The molecule has 0 aliphatic carbocycles. The van der Waals surface area contributed by atoms with Crippen molar-refractivity contribution in [1.82, 2.24) is 5.32 Å². The number of benzene rings is 3. The van der Waals surface area contributed by atoms with Gasteiger partial charge < -0.3 is 57.8 Å². The summed E-state index contributed by atoms with van der Waals surface area (Å²) in [6.45, 7) is 3.47. The van der Waals surface area contributed by atoms with Crippen LogP contribution in [0.1, 0.15) is 32.6 Å². The summed E-state index contributed by atoms with van der Waals surface area (Å²) in [6.07, 6.45) is -14.0. The summed E-state index contributed by atoms with van der Waals surface area (Å²) in [7, 11) is 2.56. The Bertz CT molecular complexity index is 1920. The summed E-state index contributed by atoms with van der Waals surface area (Å²) in [5, 5.41) is 14.2. The second-order valence-corrected chi connectivity index (χ2v) is 15.5. The highest BCUT2D eigenvalue weighted by Crippen LogP contribution is 2.39. The lowest BCUT2D eigenvalue weighted by Crippen LogP contribution is -2.70. The van der Waals surface area contributed by atoms with Crippen LogP contribution in [0.15, 0.2) is 97.6 Å². The highest BCUT2D eigenvalue weighted by molar-refractivity contribution is 6.76. The number of rotatable bonds is 13. The fourth-order valence-electron chi connectivity index (χ4n) is 6.55. The van der Waals surface area contributed by atoms with Gasteiger partial charge in [0.1, 0.15) is 36.2 Å². The van der Waals surface area contributed by atoms with Crippen LogP contribution in [0.3, 0.4) is 0 Å². The number of carbonyl (C=O) groups excluding carboxylic acids is 4. The number of methoxy groups -OCH3 is 2. The predicted molar refractivity (Wildman–Crippen MR) is 206 cm³/mol. The number of carbonyl (C=O) groups is 4. The fraction of sp³-hybridized carbons (Fsp3) is 0.400. The number of aliphatic hydroxyl groups excluding tert-OH is 1. The number of amides is 1. The van der Waals surface area contributed by atoms with Gasteiger partial charge in [-0.3, -0.25) is 4.79 Å². The number of aliphatic hydroxyl groups is 1. The normalized spacial score (nSPS) is 29.2. The average molecular weight is 881 g/mol. The van der Waals surface area contributed by atoms with Gasteiger partial charge in [-0.25, -0.2) is 14.4 Å². The molecule has 3 aromatic rings. The first-order chi connectivity index (χ1) is 28.3. The van der Waals surface area contributed by atoms with Crippen LogP contribution in [-0.2, 0) is 52.2 Å². The third kappa shape index (κ3) is 10.5. The molecule has 5 unspecified atom stereocenters. The lowest BCUT2D eigenvalue weighted by molar-refractivity contribution is -0.374. The summed E-state index contributed by atoms with van der Waals surface area (Å²) in [4.78, 5) is 53.9. The summed E-state index contributed by atoms with van der Waals surface area (Å²) in [5.74, 6) is -3.55. The molecule has 16 nitrogen and oxygen atoms in total. The summed E-state index contributed by atoms with van der Waals surface area (Å²) in [5.41, 5.74) is 0.687. The van der Waals surface area contributed by atoms with Gasteiger partial charge in [-0.05, 0) is 36.4 Å². The zero-order valence-corrected chi connectivity index (χ0v) is 33.7. The molecule has 0 bridgehead atoms. The van der Waals surface area contributed by atoms with Crippen LogP contribution in [0.5, 0.6) is 5.75 Å². The van der Waals surface area contributed by atoms with E-state index in [0.29, 0.717) is 11.3 Å². The molecule has 1 amide bonds. The number of halogens is 3. The maximum Gasteiger partial charge on any atom is 0.338 e. The topological polar surface area (TPSA) is 193 Å². The van der Waals surface area contributed by atoms with Crippen molar-refractivity contribution in [2.24, 2.45) is 0 Å². The molecule has 0 aromatic heterocycles. The molecular weight excluding hydrogens is 841 g/mol. The Morgan fingerprint density at radius 2 is 1.44 bits per heavy atom. The summed E-state index contributed by atoms with van der Waals surface area (Å²) in [6, 6.07) is 20.9. The van der Waals surface area contributed by atoms with Gasteiger partial charge in [-0.1, -0.05) is 89.4 Å². The first-order valence-electron chi connectivity index (χ1n) is 18.1. The van der Waals surface area contributed by atoms with E-state index in [9.17, 15) is 24.3 Å². The molecular formula is C40H40Cl3NO15. The van der Waals surface area contributed by atoms with Crippen LogP contribution >= 0.6 is 34.8 Å². The molecule has 59 heavy (non-hydrogen) atoms. The third-order valence-corrected chi connectivity index (χ3v) is 9.92. The second-order valence-electron chi connectivity index (χ2n) is 13.2. The standard InChI is InChI=1S/C40H40Cl3NO15/c1-4-19-52-37-26(44-39(49)40(41,42)43)29(28-25(54-37)20-53-36(57-28)23-15-17-24(50-2)18-16-23)58-38-32(56-34(47)22-13-9-6-10-14-22)30(27(45)31(59-38)35(48)51-3)55-33(46)21-11-7-5-8-12-21/h4-18,25-32,36-38,45H,1,19-20H2,2-3H3,(H,44,49)/t25?,26?,27-,28-,29+,30-,31?,32?,36?,37+,38+/m0/s1. The number of nitrogens with one attached hydrogen (secondary N) is 1. The molecule has 0 spiro atoms.